The van der Waals surface area contributed by atoms with E-state index in [-0.39, 0.29) is 17.1 Å². The molecule has 34 heavy (non-hydrogen) atoms. The molecule has 0 fully saturated rings. The van der Waals surface area contributed by atoms with Gasteiger partial charge in [-0.2, -0.15) is 0 Å². The summed E-state index contributed by atoms with van der Waals surface area (Å²) in [5.41, 5.74) is 2.77. The van der Waals surface area contributed by atoms with E-state index in [1.54, 1.807) is 13.1 Å². The molecule has 8 nitrogen and oxygen atoms in total. The van der Waals surface area contributed by atoms with Crippen molar-refractivity contribution in [3.05, 3.63) is 80.1 Å². The third kappa shape index (κ3) is 3.02. The highest BCUT2D eigenvalue weighted by molar-refractivity contribution is 5.97. The zero-order valence-electron chi connectivity index (χ0n) is 19.8. The molecule has 0 spiro atoms. The van der Waals surface area contributed by atoms with Gasteiger partial charge in [0.05, 0.1) is 34.4 Å². The number of aromatic nitrogens is 3. The summed E-state index contributed by atoms with van der Waals surface area (Å²) in [7, 11) is 3.11. The van der Waals surface area contributed by atoms with Crippen LogP contribution in [0.5, 0.6) is 11.5 Å². The number of rotatable bonds is 2. The number of hydrogen-bond acceptors (Lipinski definition) is 5. The minimum atomic E-state index is -0.756. The standard InChI is InChI=1S/C26H27N3O5/c1-14-6-8-15(9-7-14)20-19-21(27(4)25(33)28(5)24(19)32)22-23(34-13-26(2,3)29(20)22)17-11-10-16(30)12-18(17)31/h6-12,23,30-31H,13H2,1-5H3. The van der Waals surface area contributed by atoms with Gasteiger partial charge in [-0.1, -0.05) is 29.8 Å². The first kappa shape index (κ1) is 22.0. The third-order valence-electron chi connectivity index (χ3n) is 6.69. The van der Waals surface area contributed by atoms with Crippen molar-refractivity contribution in [2.75, 3.05) is 6.61 Å². The minimum absolute atomic E-state index is 0.0701. The number of nitrogens with zero attached hydrogens (tertiary/aromatic N) is 3. The van der Waals surface area contributed by atoms with E-state index in [2.05, 4.69) is 4.57 Å². The Morgan fingerprint density at radius 2 is 1.68 bits per heavy atom. The highest BCUT2D eigenvalue weighted by Crippen LogP contribution is 2.47. The fourth-order valence-electron chi connectivity index (χ4n) is 4.97. The molecule has 1 aliphatic rings. The summed E-state index contributed by atoms with van der Waals surface area (Å²) in [6, 6.07) is 12.3. The molecule has 3 heterocycles. The number of aromatic hydroxyl groups is 2. The number of hydrogen-bond donors (Lipinski definition) is 2. The lowest BCUT2D eigenvalue weighted by Crippen LogP contribution is -2.40. The van der Waals surface area contributed by atoms with Crippen molar-refractivity contribution in [3.8, 4) is 22.8 Å². The lowest BCUT2D eigenvalue weighted by atomic mass is 9.97. The van der Waals surface area contributed by atoms with Crippen LogP contribution in [-0.2, 0) is 24.4 Å². The predicted octanol–water partition coefficient (Wildman–Crippen LogP) is 3.28. The van der Waals surface area contributed by atoms with Crippen LogP contribution in [0.25, 0.3) is 22.2 Å². The van der Waals surface area contributed by atoms with Crippen LogP contribution in [0.15, 0.2) is 52.1 Å². The van der Waals surface area contributed by atoms with Gasteiger partial charge in [-0.15, -0.1) is 0 Å². The van der Waals surface area contributed by atoms with Gasteiger partial charge in [0.2, 0.25) is 0 Å². The minimum Gasteiger partial charge on any atom is -0.508 e. The smallest absolute Gasteiger partial charge is 0.331 e. The van der Waals surface area contributed by atoms with E-state index in [0.29, 0.717) is 34.5 Å². The molecule has 2 N–H and O–H groups in total. The first-order valence-corrected chi connectivity index (χ1v) is 11.1. The fraction of sp³-hybridized carbons (Fsp3) is 0.308. The fourth-order valence-corrected chi connectivity index (χ4v) is 4.97. The molecule has 176 valence electrons. The number of phenols is 2. The third-order valence-corrected chi connectivity index (χ3v) is 6.69. The first-order chi connectivity index (χ1) is 16.0. The Morgan fingerprint density at radius 3 is 2.32 bits per heavy atom. The van der Waals surface area contributed by atoms with Gasteiger partial charge in [-0.3, -0.25) is 13.9 Å². The molecule has 1 unspecified atom stereocenters. The van der Waals surface area contributed by atoms with Gasteiger partial charge in [0.15, 0.2) is 0 Å². The Hall–Kier alpha value is -3.78. The molecule has 0 saturated heterocycles. The van der Waals surface area contributed by atoms with Crippen LogP contribution in [0.1, 0.15) is 36.8 Å². The number of aryl methyl sites for hydroxylation is 2. The summed E-state index contributed by atoms with van der Waals surface area (Å²) in [6.45, 7) is 6.34. The van der Waals surface area contributed by atoms with E-state index in [1.807, 2.05) is 45.0 Å². The second kappa shape index (κ2) is 7.36. The molecule has 2 aromatic heterocycles. The Morgan fingerprint density at radius 1 is 1.00 bits per heavy atom. The molecule has 0 saturated carbocycles. The molecule has 0 aliphatic carbocycles. The van der Waals surface area contributed by atoms with Crippen molar-refractivity contribution in [3.63, 3.8) is 0 Å². The van der Waals surface area contributed by atoms with Crippen molar-refractivity contribution in [1.29, 1.82) is 0 Å². The predicted molar refractivity (Wildman–Crippen MR) is 129 cm³/mol. The summed E-state index contributed by atoms with van der Waals surface area (Å²) >= 11 is 0. The van der Waals surface area contributed by atoms with Crippen LogP contribution < -0.4 is 11.2 Å². The van der Waals surface area contributed by atoms with E-state index in [0.717, 1.165) is 15.7 Å². The average molecular weight is 462 g/mol. The molecule has 2 aromatic carbocycles. The van der Waals surface area contributed by atoms with Gasteiger partial charge < -0.3 is 19.5 Å². The number of phenolic OH excluding ortho intramolecular Hbond substituents is 2. The molecule has 4 aromatic rings. The Balaban J connectivity index is 2.01. The Bertz CT molecular complexity index is 1570. The SMILES string of the molecule is Cc1ccc(-c2c3c(=O)n(C)c(=O)n(C)c3c3n2C(C)(C)COC3c2ccc(O)cc2O)cc1. The molecule has 1 atom stereocenters. The highest BCUT2D eigenvalue weighted by atomic mass is 16.5. The molecule has 5 rings (SSSR count). The van der Waals surface area contributed by atoms with Crippen molar-refractivity contribution < 1.29 is 14.9 Å². The van der Waals surface area contributed by atoms with Crippen LogP contribution in [-0.4, -0.2) is 30.5 Å². The summed E-state index contributed by atoms with van der Waals surface area (Å²) in [5, 5.41) is 20.9. The maximum atomic E-state index is 13.6. The number of ether oxygens (including phenoxy) is 1. The van der Waals surface area contributed by atoms with Crippen molar-refractivity contribution in [2.24, 2.45) is 14.1 Å². The summed E-state index contributed by atoms with van der Waals surface area (Å²) in [4.78, 5) is 26.5. The zero-order chi connectivity index (χ0) is 24.5. The van der Waals surface area contributed by atoms with E-state index in [9.17, 15) is 19.8 Å². The monoisotopic (exact) mass is 461 g/mol. The largest absolute Gasteiger partial charge is 0.508 e. The van der Waals surface area contributed by atoms with Crippen LogP contribution in [0, 0.1) is 6.92 Å². The Kier molecular flexibility index (Phi) is 4.77. The van der Waals surface area contributed by atoms with E-state index >= 15 is 0 Å². The summed E-state index contributed by atoms with van der Waals surface area (Å²) in [6.07, 6.45) is -0.756. The normalized spacial score (nSPS) is 17.1. The Labute approximate surface area is 195 Å². The number of benzene rings is 2. The molecule has 0 radical (unpaired) electrons. The van der Waals surface area contributed by atoms with E-state index < -0.39 is 17.3 Å². The summed E-state index contributed by atoms with van der Waals surface area (Å²) < 4.78 is 10.9. The zero-order valence-corrected chi connectivity index (χ0v) is 19.8. The second-order valence-corrected chi connectivity index (χ2v) is 9.61. The second-order valence-electron chi connectivity index (χ2n) is 9.61. The van der Waals surface area contributed by atoms with Gasteiger partial charge >= 0.3 is 5.69 Å². The van der Waals surface area contributed by atoms with Gasteiger partial charge in [0.1, 0.15) is 17.6 Å². The van der Waals surface area contributed by atoms with Crippen LogP contribution in [0.2, 0.25) is 0 Å². The topological polar surface area (TPSA) is 98.6 Å². The average Bonchev–Trinajstić information content (AvgIpc) is 3.15. The van der Waals surface area contributed by atoms with Crippen molar-refractivity contribution in [1.82, 2.24) is 13.7 Å². The molecule has 0 bridgehead atoms. The van der Waals surface area contributed by atoms with Crippen LogP contribution >= 0.6 is 0 Å². The van der Waals surface area contributed by atoms with E-state index in [1.165, 1.54) is 23.7 Å². The summed E-state index contributed by atoms with van der Waals surface area (Å²) in [5.74, 6) is -0.199. The van der Waals surface area contributed by atoms with Gasteiger partial charge in [-0.25, -0.2) is 4.79 Å². The molecular formula is C26H27N3O5. The molecule has 8 heteroatoms. The molecule has 1 aliphatic heterocycles. The van der Waals surface area contributed by atoms with Crippen molar-refractivity contribution in [2.45, 2.75) is 32.4 Å². The highest BCUT2D eigenvalue weighted by Gasteiger charge is 2.41. The van der Waals surface area contributed by atoms with Gasteiger partial charge in [-0.05, 0) is 38.5 Å². The quantitative estimate of drug-likeness (QED) is 0.477. The molecular weight excluding hydrogens is 434 g/mol. The van der Waals surface area contributed by atoms with Crippen molar-refractivity contribution >= 4 is 10.9 Å². The van der Waals surface area contributed by atoms with Crippen LogP contribution in [0.4, 0.5) is 0 Å². The van der Waals surface area contributed by atoms with Gasteiger partial charge in [0.25, 0.3) is 5.56 Å². The maximum absolute atomic E-state index is 13.6. The lowest BCUT2D eigenvalue weighted by Gasteiger charge is -2.39. The van der Waals surface area contributed by atoms with E-state index in [4.69, 9.17) is 4.74 Å². The van der Waals surface area contributed by atoms with Crippen LogP contribution in [0.3, 0.4) is 0 Å². The maximum Gasteiger partial charge on any atom is 0.331 e. The lowest BCUT2D eigenvalue weighted by molar-refractivity contribution is -0.00800. The first-order valence-electron chi connectivity index (χ1n) is 11.1. The molecule has 0 amide bonds. The number of fused-ring (bicyclic) bond motifs is 3. The van der Waals surface area contributed by atoms with Gasteiger partial charge in [0, 0.05) is 25.7 Å².